The topological polar surface area (TPSA) is 54.0 Å². The van der Waals surface area contributed by atoms with Crippen LogP contribution in [0, 0.1) is 12.7 Å². The average Bonchev–Trinajstić information content (AvgIpc) is 2.48. The van der Waals surface area contributed by atoms with Crippen molar-refractivity contribution in [1.82, 2.24) is 10.3 Å². The van der Waals surface area contributed by atoms with Gasteiger partial charge < -0.3 is 5.32 Å². The van der Waals surface area contributed by atoms with Crippen LogP contribution < -0.4 is 10.6 Å². The lowest BCUT2D eigenvalue weighted by atomic mass is 10.1. The van der Waals surface area contributed by atoms with E-state index in [1.54, 1.807) is 37.3 Å². The minimum atomic E-state index is -1.86. The van der Waals surface area contributed by atoms with Gasteiger partial charge in [-0.05, 0) is 36.2 Å². The molecule has 1 heterocycles. The van der Waals surface area contributed by atoms with E-state index >= 15 is 0 Å². The molecule has 8 heteroatoms. The van der Waals surface area contributed by atoms with Gasteiger partial charge in [-0.2, -0.15) is 0 Å². The number of nitrogens with zero attached hydrogens (tertiary/aromatic N) is 1. The Balaban J connectivity index is 2.19. The van der Waals surface area contributed by atoms with Crippen LogP contribution in [0.25, 0.3) is 0 Å². The number of pyridine rings is 1. The number of hydrogen-bond acceptors (Lipinski definition) is 2. The van der Waals surface area contributed by atoms with Crippen LogP contribution in [0.3, 0.4) is 0 Å². The molecular weight excluding hydrogens is 364 g/mol. The number of amides is 2. The van der Waals surface area contributed by atoms with Gasteiger partial charge in [0.05, 0.1) is 0 Å². The second-order valence-electron chi connectivity index (χ2n) is 4.80. The summed E-state index contributed by atoms with van der Waals surface area (Å²) in [5.41, 5.74) is 0.791. The molecule has 2 aromatic rings. The number of carbonyl (C=O) groups excluding carboxylic acids is 1. The molecule has 2 N–H and O–H groups in total. The van der Waals surface area contributed by atoms with E-state index in [0.717, 1.165) is 0 Å². The van der Waals surface area contributed by atoms with Crippen molar-refractivity contribution in [3.8, 4) is 0 Å². The fraction of sp³-hybridized carbons (Fsp3) is 0.200. The third-order valence-corrected chi connectivity index (χ3v) is 3.69. The Morgan fingerprint density at radius 3 is 2.57 bits per heavy atom. The summed E-state index contributed by atoms with van der Waals surface area (Å²) in [6.07, 6.45) is 1.53. The van der Waals surface area contributed by atoms with Crippen molar-refractivity contribution >= 4 is 46.7 Å². The van der Waals surface area contributed by atoms with Crippen LogP contribution in [-0.4, -0.2) is 14.8 Å². The molecule has 0 saturated carbocycles. The predicted molar refractivity (Wildman–Crippen MR) is 90.6 cm³/mol. The van der Waals surface area contributed by atoms with Gasteiger partial charge in [0.25, 0.3) is 0 Å². The Labute approximate surface area is 148 Å². The monoisotopic (exact) mass is 375 g/mol. The van der Waals surface area contributed by atoms with Crippen LogP contribution in [0.1, 0.15) is 17.2 Å². The van der Waals surface area contributed by atoms with Gasteiger partial charge >= 0.3 is 6.03 Å². The van der Waals surface area contributed by atoms with Crippen molar-refractivity contribution in [3.05, 3.63) is 59.5 Å². The highest BCUT2D eigenvalue weighted by molar-refractivity contribution is 6.68. The molecule has 1 aromatic heterocycles. The molecule has 0 fully saturated rings. The molecule has 0 spiro atoms. The first-order valence-corrected chi connectivity index (χ1v) is 7.72. The van der Waals surface area contributed by atoms with Gasteiger partial charge in [0.15, 0.2) is 0 Å². The van der Waals surface area contributed by atoms with Crippen LogP contribution in [0.15, 0.2) is 42.6 Å². The molecule has 0 unspecified atom stereocenters. The number of urea groups is 1. The number of benzene rings is 1. The molecule has 1 atom stereocenters. The number of hydrogen-bond donors (Lipinski definition) is 2. The lowest BCUT2D eigenvalue weighted by molar-refractivity contribution is 0.248. The van der Waals surface area contributed by atoms with Gasteiger partial charge in [-0.25, -0.2) is 14.2 Å². The number of carbonyl (C=O) groups is 1. The van der Waals surface area contributed by atoms with Gasteiger partial charge in [-0.1, -0.05) is 53.0 Å². The molecule has 122 valence electrons. The predicted octanol–water partition coefficient (Wildman–Crippen LogP) is 4.76. The molecule has 0 bridgehead atoms. The van der Waals surface area contributed by atoms with Gasteiger partial charge in [0.2, 0.25) is 3.79 Å². The first kappa shape index (κ1) is 17.8. The van der Waals surface area contributed by atoms with Crippen LogP contribution in [-0.2, 0) is 0 Å². The van der Waals surface area contributed by atoms with Crippen LogP contribution in [0.5, 0.6) is 0 Å². The van der Waals surface area contributed by atoms with Crippen LogP contribution >= 0.6 is 34.8 Å². The average molecular weight is 377 g/mol. The lowest BCUT2D eigenvalue weighted by Gasteiger charge is -2.26. The maximum atomic E-state index is 13.7. The summed E-state index contributed by atoms with van der Waals surface area (Å²) in [5.74, 6) is -0.114. The van der Waals surface area contributed by atoms with E-state index in [2.05, 4.69) is 15.6 Å². The second kappa shape index (κ2) is 7.34. The molecular formula is C15H13Cl3FN3O. The number of nitrogens with one attached hydrogen (secondary N) is 2. The molecule has 23 heavy (non-hydrogen) atoms. The lowest BCUT2D eigenvalue weighted by Crippen LogP contribution is -2.39. The number of aromatic nitrogens is 1. The summed E-state index contributed by atoms with van der Waals surface area (Å²) in [7, 11) is 0. The summed E-state index contributed by atoms with van der Waals surface area (Å²) in [4.78, 5) is 16.0. The standard InChI is InChI=1S/C15H13Cl3FN3O/c1-9-5-6-10(8-11(9)19)13(15(16,17)18)22-14(23)21-12-4-2-3-7-20-12/h2-8,13H,1H3,(H2,20,21,22,23)/t13-/m0/s1. The third-order valence-electron chi connectivity index (χ3n) is 3.04. The van der Waals surface area contributed by atoms with Crippen molar-refractivity contribution in [2.24, 2.45) is 0 Å². The molecule has 2 rings (SSSR count). The largest absolute Gasteiger partial charge is 0.327 e. The summed E-state index contributed by atoms with van der Waals surface area (Å²) in [6, 6.07) is 7.73. The molecule has 0 saturated heterocycles. The van der Waals surface area contributed by atoms with E-state index in [9.17, 15) is 9.18 Å². The zero-order valence-corrected chi connectivity index (χ0v) is 14.3. The van der Waals surface area contributed by atoms with Crippen molar-refractivity contribution in [2.75, 3.05) is 5.32 Å². The van der Waals surface area contributed by atoms with E-state index in [-0.39, 0.29) is 0 Å². The Morgan fingerprint density at radius 1 is 1.26 bits per heavy atom. The number of rotatable bonds is 3. The highest BCUT2D eigenvalue weighted by atomic mass is 35.6. The number of halogens is 4. The van der Waals surface area contributed by atoms with E-state index in [1.165, 1.54) is 12.3 Å². The Bertz CT molecular complexity index is 692. The highest BCUT2D eigenvalue weighted by Gasteiger charge is 2.35. The fourth-order valence-corrected chi connectivity index (χ4v) is 2.40. The van der Waals surface area contributed by atoms with Crippen molar-refractivity contribution in [3.63, 3.8) is 0 Å². The van der Waals surface area contributed by atoms with Crippen LogP contribution in [0.4, 0.5) is 15.0 Å². The Kier molecular flexibility index (Phi) is 5.68. The number of alkyl halides is 3. The Morgan fingerprint density at radius 2 is 2.00 bits per heavy atom. The zero-order chi connectivity index (χ0) is 17.0. The zero-order valence-electron chi connectivity index (χ0n) is 12.0. The van der Waals surface area contributed by atoms with Gasteiger partial charge in [0.1, 0.15) is 17.7 Å². The normalized spacial score (nSPS) is 12.6. The first-order chi connectivity index (χ1) is 10.8. The summed E-state index contributed by atoms with van der Waals surface area (Å²) < 4.78 is 11.9. The molecule has 2 amide bonds. The van der Waals surface area contributed by atoms with E-state index < -0.39 is 21.7 Å². The van der Waals surface area contributed by atoms with Crippen LogP contribution in [0.2, 0.25) is 0 Å². The quantitative estimate of drug-likeness (QED) is 0.759. The SMILES string of the molecule is Cc1ccc([C@H](NC(=O)Nc2ccccn2)C(Cl)(Cl)Cl)cc1F. The van der Waals surface area contributed by atoms with Gasteiger partial charge in [0, 0.05) is 6.20 Å². The minimum absolute atomic E-state index is 0.336. The molecule has 0 radical (unpaired) electrons. The summed E-state index contributed by atoms with van der Waals surface area (Å²) in [6.45, 7) is 1.62. The van der Waals surface area contributed by atoms with Crippen molar-refractivity contribution in [2.45, 2.75) is 16.8 Å². The van der Waals surface area contributed by atoms with E-state index in [4.69, 9.17) is 34.8 Å². The number of anilines is 1. The molecule has 0 aliphatic carbocycles. The smallest absolute Gasteiger partial charge is 0.321 e. The van der Waals surface area contributed by atoms with Crippen molar-refractivity contribution in [1.29, 1.82) is 0 Å². The maximum absolute atomic E-state index is 13.7. The van der Waals surface area contributed by atoms with Crippen molar-refractivity contribution < 1.29 is 9.18 Å². The fourth-order valence-electron chi connectivity index (χ4n) is 1.86. The van der Waals surface area contributed by atoms with E-state index in [0.29, 0.717) is 16.9 Å². The Hall–Kier alpha value is -1.56. The van der Waals surface area contributed by atoms with E-state index in [1.807, 2.05) is 0 Å². The summed E-state index contributed by atoms with van der Waals surface area (Å²) in [5, 5.41) is 5.03. The molecule has 1 aromatic carbocycles. The molecule has 0 aliphatic heterocycles. The highest BCUT2D eigenvalue weighted by Crippen LogP contribution is 2.40. The molecule has 0 aliphatic rings. The third kappa shape index (κ3) is 4.96. The van der Waals surface area contributed by atoms with Gasteiger partial charge in [-0.3, -0.25) is 5.32 Å². The van der Waals surface area contributed by atoms with Gasteiger partial charge in [-0.15, -0.1) is 0 Å². The minimum Gasteiger partial charge on any atom is -0.327 e. The first-order valence-electron chi connectivity index (χ1n) is 6.58. The second-order valence-corrected chi connectivity index (χ2v) is 7.17. The number of aryl methyl sites for hydroxylation is 1. The maximum Gasteiger partial charge on any atom is 0.321 e. The molecule has 4 nitrogen and oxygen atoms in total. The summed E-state index contributed by atoms with van der Waals surface area (Å²) >= 11 is 17.8.